The molecule has 1 aliphatic heterocycles. The zero-order chi connectivity index (χ0) is 6.10. The van der Waals surface area contributed by atoms with Gasteiger partial charge in [-0.3, -0.25) is 5.10 Å². The molecule has 0 bridgehead atoms. The Morgan fingerprint density at radius 3 is 3.44 bits per heavy atom. The molecule has 0 aliphatic carbocycles. The Balaban J connectivity index is 2.39. The number of hydrogen-bond donors (Lipinski definition) is 1. The highest BCUT2D eigenvalue weighted by Crippen LogP contribution is 2.08. The quantitative estimate of drug-likeness (QED) is 0.525. The Morgan fingerprint density at radius 1 is 1.56 bits per heavy atom. The van der Waals surface area contributed by atoms with Crippen LogP contribution in [0.4, 0.5) is 0 Å². The first kappa shape index (κ1) is 4.93. The van der Waals surface area contributed by atoms with Gasteiger partial charge in [-0.15, -0.1) is 5.10 Å². The molecule has 0 saturated heterocycles. The maximum atomic E-state index is 5.14. The Morgan fingerprint density at radius 2 is 2.56 bits per heavy atom. The average Bonchev–Trinajstić information content (AvgIpc) is 2.33. The van der Waals surface area contributed by atoms with Gasteiger partial charge in [0.15, 0.2) is 0 Å². The smallest absolute Gasteiger partial charge is 0.0903 e. The van der Waals surface area contributed by atoms with Crippen molar-refractivity contribution >= 4 is 0 Å². The van der Waals surface area contributed by atoms with E-state index in [1.807, 2.05) is 0 Å². The molecule has 0 unspecified atom stereocenters. The molecule has 0 saturated carbocycles. The van der Waals surface area contributed by atoms with Crippen LogP contribution >= 0.6 is 0 Å². The van der Waals surface area contributed by atoms with Crippen molar-refractivity contribution < 1.29 is 4.74 Å². The van der Waals surface area contributed by atoms with Crippen LogP contribution in [0.25, 0.3) is 0 Å². The van der Waals surface area contributed by atoms with Gasteiger partial charge in [0.2, 0.25) is 0 Å². The number of ether oxygens (including phenoxy) is 1. The van der Waals surface area contributed by atoms with Gasteiger partial charge in [-0.2, -0.15) is 0 Å². The third kappa shape index (κ3) is 0.712. The fourth-order valence-corrected chi connectivity index (χ4v) is 0.930. The first-order valence-electron chi connectivity index (χ1n) is 2.93. The van der Waals surface area contributed by atoms with E-state index in [0.29, 0.717) is 6.61 Å². The maximum absolute atomic E-state index is 5.14. The zero-order valence-corrected chi connectivity index (χ0v) is 4.92. The highest BCUT2D eigenvalue weighted by molar-refractivity contribution is 5.08. The van der Waals surface area contributed by atoms with Crippen LogP contribution in [-0.4, -0.2) is 22.0 Å². The summed E-state index contributed by atoms with van der Waals surface area (Å²) in [7, 11) is 0. The number of rotatable bonds is 0. The molecule has 1 aliphatic rings. The topological polar surface area (TPSA) is 50.8 Å². The Labute approximate surface area is 52.2 Å². The highest BCUT2D eigenvalue weighted by Gasteiger charge is 2.11. The molecule has 0 spiro atoms. The largest absolute Gasteiger partial charge is 0.375 e. The second-order valence-electron chi connectivity index (χ2n) is 2.04. The Bertz CT molecular complexity index is 187. The predicted molar refractivity (Wildman–Crippen MR) is 29.7 cm³/mol. The van der Waals surface area contributed by atoms with Crippen LogP contribution in [0.2, 0.25) is 0 Å². The summed E-state index contributed by atoms with van der Waals surface area (Å²) >= 11 is 0. The first-order valence-corrected chi connectivity index (χ1v) is 2.93. The van der Waals surface area contributed by atoms with Crippen LogP contribution in [0.1, 0.15) is 11.4 Å². The molecule has 1 aromatic heterocycles. The average molecular weight is 125 g/mol. The number of aromatic nitrogens is 3. The van der Waals surface area contributed by atoms with Gasteiger partial charge in [-0.1, -0.05) is 5.21 Å². The van der Waals surface area contributed by atoms with Gasteiger partial charge in [0, 0.05) is 6.42 Å². The normalized spacial score (nSPS) is 17.3. The summed E-state index contributed by atoms with van der Waals surface area (Å²) < 4.78 is 5.14. The van der Waals surface area contributed by atoms with E-state index in [-0.39, 0.29) is 0 Å². The monoisotopic (exact) mass is 125 g/mol. The van der Waals surface area contributed by atoms with Gasteiger partial charge in [-0.25, -0.2) is 0 Å². The summed E-state index contributed by atoms with van der Waals surface area (Å²) in [5, 5.41) is 10.3. The molecule has 2 rings (SSSR count). The van der Waals surface area contributed by atoms with Gasteiger partial charge in [0.25, 0.3) is 0 Å². The van der Waals surface area contributed by atoms with E-state index in [0.717, 1.165) is 24.4 Å². The van der Waals surface area contributed by atoms with Crippen molar-refractivity contribution in [1.29, 1.82) is 0 Å². The number of H-pyrrole nitrogens is 1. The SMILES string of the molecule is C1Cc2nn[nH]c2CO1. The van der Waals surface area contributed by atoms with Gasteiger partial charge in [-0.05, 0) is 0 Å². The van der Waals surface area contributed by atoms with E-state index in [4.69, 9.17) is 4.74 Å². The minimum absolute atomic E-state index is 0.641. The molecule has 0 fully saturated rings. The second kappa shape index (κ2) is 1.80. The van der Waals surface area contributed by atoms with Crippen molar-refractivity contribution in [2.45, 2.75) is 13.0 Å². The fourth-order valence-electron chi connectivity index (χ4n) is 0.930. The summed E-state index contributed by atoms with van der Waals surface area (Å²) in [6, 6.07) is 0. The van der Waals surface area contributed by atoms with Crippen molar-refractivity contribution in [2.75, 3.05) is 6.61 Å². The van der Waals surface area contributed by atoms with Crippen LogP contribution < -0.4 is 0 Å². The summed E-state index contributed by atoms with van der Waals surface area (Å²) in [4.78, 5) is 0. The second-order valence-corrected chi connectivity index (χ2v) is 2.04. The summed E-state index contributed by atoms with van der Waals surface area (Å²) in [6.07, 6.45) is 0.895. The highest BCUT2D eigenvalue weighted by atomic mass is 16.5. The fraction of sp³-hybridized carbons (Fsp3) is 0.600. The van der Waals surface area contributed by atoms with E-state index in [1.54, 1.807) is 0 Å². The molecular formula is C5H7N3O. The minimum Gasteiger partial charge on any atom is -0.375 e. The number of hydrogen-bond acceptors (Lipinski definition) is 3. The lowest BCUT2D eigenvalue weighted by molar-refractivity contribution is 0.107. The van der Waals surface area contributed by atoms with E-state index >= 15 is 0 Å². The van der Waals surface area contributed by atoms with Crippen molar-refractivity contribution in [3.05, 3.63) is 11.4 Å². The lowest BCUT2D eigenvalue weighted by Crippen LogP contribution is -2.08. The van der Waals surface area contributed by atoms with Crippen LogP contribution in [-0.2, 0) is 17.8 Å². The zero-order valence-electron chi connectivity index (χ0n) is 4.92. The standard InChI is InChI=1S/C5H7N3O/c1-2-9-3-5-4(1)6-8-7-5/h1-3H2,(H,6,7,8). The van der Waals surface area contributed by atoms with Crippen molar-refractivity contribution in [1.82, 2.24) is 15.4 Å². The summed E-state index contributed by atoms with van der Waals surface area (Å²) in [5.74, 6) is 0. The molecule has 1 N–H and O–H groups in total. The number of nitrogens with zero attached hydrogens (tertiary/aromatic N) is 2. The molecular weight excluding hydrogens is 118 g/mol. The number of fused-ring (bicyclic) bond motifs is 1. The van der Waals surface area contributed by atoms with E-state index in [9.17, 15) is 0 Å². The summed E-state index contributed by atoms with van der Waals surface area (Å²) in [6.45, 7) is 1.42. The lowest BCUT2D eigenvalue weighted by atomic mass is 10.2. The lowest BCUT2D eigenvalue weighted by Gasteiger charge is -2.07. The van der Waals surface area contributed by atoms with Gasteiger partial charge in [0.1, 0.15) is 0 Å². The first-order chi connectivity index (χ1) is 4.47. The Kier molecular flexibility index (Phi) is 0.989. The van der Waals surface area contributed by atoms with Gasteiger partial charge < -0.3 is 4.74 Å². The van der Waals surface area contributed by atoms with Gasteiger partial charge >= 0.3 is 0 Å². The van der Waals surface area contributed by atoms with E-state index in [2.05, 4.69) is 15.4 Å². The van der Waals surface area contributed by atoms with E-state index in [1.165, 1.54) is 0 Å². The van der Waals surface area contributed by atoms with Gasteiger partial charge in [0.05, 0.1) is 24.6 Å². The minimum atomic E-state index is 0.641. The van der Waals surface area contributed by atoms with Crippen LogP contribution in [0.15, 0.2) is 0 Å². The summed E-state index contributed by atoms with van der Waals surface area (Å²) in [5.41, 5.74) is 2.09. The van der Waals surface area contributed by atoms with Crippen molar-refractivity contribution in [2.24, 2.45) is 0 Å². The molecule has 0 aromatic carbocycles. The number of nitrogens with one attached hydrogen (secondary N) is 1. The molecule has 0 amide bonds. The van der Waals surface area contributed by atoms with Crippen LogP contribution in [0, 0.1) is 0 Å². The molecule has 0 atom stereocenters. The molecule has 0 radical (unpaired) electrons. The predicted octanol–water partition coefficient (Wildman–Crippen LogP) is -0.123. The molecule has 2 heterocycles. The molecule has 1 aromatic rings. The van der Waals surface area contributed by atoms with E-state index < -0.39 is 0 Å². The van der Waals surface area contributed by atoms with Crippen molar-refractivity contribution in [3.8, 4) is 0 Å². The van der Waals surface area contributed by atoms with Crippen LogP contribution in [0.3, 0.4) is 0 Å². The molecule has 4 heteroatoms. The van der Waals surface area contributed by atoms with Crippen molar-refractivity contribution in [3.63, 3.8) is 0 Å². The maximum Gasteiger partial charge on any atom is 0.0903 e. The van der Waals surface area contributed by atoms with Crippen LogP contribution in [0.5, 0.6) is 0 Å². The number of aromatic amines is 1. The third-order valence-electron chi connectivity index (χ3n) is 1.43. The molecule has 48 valence electrons. The third-order valence-corrected chi connectivity index (χ3v) is 1.43. The Hall–Kier alpha value is -0.900. The molecule has 9 heavy (non-hydrogen) atoms. The molecule has 4 nitrogen and oxygen atoms in total.